The van der Waals surface area contributed by atoms with Gasteiger partial charge in [0.25, 0.3) is 5.91 Å². The van der Waals surface area contributed by atoms with E-state index in [1.165, 1.54) is 24.3 Å². The number of hydrogen-bond acceptors (Lipinski definition) is 2. The number of rotatable bonds is 7. The highest BCUT2D eigenvalue weighted by Crippen LogP contribution is 2.23. The van der Waals surface area contributed by atoms with Gasteiger partial charge in [0, 0.05) is 42.3 Å². The number of carbonyl (C=O) groups is 1. The Labute approximate surface area is 192 Å². The van der Waals surface area contributed by atoms with Crippen LogP contribution < -0.4 is 0 Å². The average Bonchev–Trinajstić information content (AvgIpc) is 3.17. The minimum atomic E-state index is -0.512. The second-order valence-corrected chi connectivity index (χ2v) is 9.14. The molecule has 0 unspecified atom stereocenters. The summed E-state index contributed by atoms with van der Waals surface area (Å²) in [5, 5.41) is 0.942. The van der Waals surface area contributed by atoms with Crippen molar-refractivity contribution in [2.24, 2.45) is 5.92 Å². The van der Waals surface area contributed by atoms with Gasteiger partial charge in [-0.1, -0.05) is 11.6 Å². The number of halogens is 3. The predicted molar refractivity (Wildman–Crippen MR) is 124 cm³/mol. The van der Waals surface area contributed by atoms with Crippen molar-refractivity contribution in [3.63, 3.8) is 0 Å². The molecule has 3 aromatic rings. The van der Waals surface area contributed by atoms with Crippen LogP contribution in [0.4, 0.5) is 8.78 Å². The largest absolute Gasteiger partial charge is 0.361 e. The fraction of sp³-hybridized carbons (Fsp3) is 0.400. The number of H-pyrrole nitrogens is 1. The van der Waals surface area contributed by atoms with Crippen LogP contribution in [0.2, 0.25) is 5.02 Å². The maximum Gasteiger partial charge on any atom is 0.253 e. The van der Waals surface area contributed by atoms with Crippen molar-refractivity contribution in [1.29, 1.82) is 0 Å². The van der Waals surface area contributed by atoms with E-state index in [-0.39, 0.29) is 16.7 Å². The van der Waals surface area contributed by atoms with Gasteiger partial charge >= 0.3 is 0 Å². The van der Waals surface area contributed by atoms with Crippen LogP contribution in [0.15, 0.2) is 42.6 Å². The topological polar surface area (TPSA) is 39.3 Å². The smallest absolute Gasteiger partial charge is 0.253 e. The monoisotopic (exact) mass is 459 g/mol. The molecular weight excluding hydrogens is 432 g/mol. The van der Waals surface area contributed by atoms with Crippen LogP contribution in [-0.4, -0.2) is 53.9 Å². The number of fused-ring (bicyclic) bond motifs is 1. The van der Waals surface area contributed by atoms with Gasteiger partial charge < -0.3 is 14.8 Å². The Morgan fingerprint density at radius 1 is 1.19 bits per heavy atom. The number of benzene rings is 2. The van der Waals surface area contributed by atoms with Crippen molar-refractivity contribution in [1.82, 2.24) is 14.8 Å². The third-order valence-corrected chi connectivity index (χ3v) is 6.64. The Morgan fingerprint density at radius 3 is 2.72 bits per heavy atom. The molecule has 1 saturated heterocycles. The van der Waals surface area contributed by atoms with Crippen LogP contribution in [0.1, 0.15) is 35.2 Å². The number of amides is 1. The Hall–Kier alpha value is -2.44. The minimum Gasteiger partial charge on any atom is -0.361 e. The van der Waals surface area contributed by atoms with Crippen molar-refractivity contribution in [2.75, 3.05) is 33.2 Å². The molecule has 1 amide bonds. The van der Waals surface area contributed by atoms with E-state index in [0.717, 1.165) is 55.2 Å². The molecule has 32 heavy (non-hydrogen) atoms. The number of nitrogens with zero attached hydrogens (tertiary/aromatic N) is 2. The van der Waals surface area contributed by atoms with E-state index < -0.39 is 5.82 Å². The molecule has 1 aliphatic rings. The highest BCUT2D eigenvalue weighted by molar-refractivity contribution is 6.31. The zero-order valence-corrected chi connectivity index (χ0v) is 19.0. The second-order valence-electron chi connectivity index (χ2n) is 8.73. The second kappa shape index (κ2) is 10.0. The van der Waals surface area contributed by atoms with Crippen LogP contribution in [0.5, 0.6) is 0 Å². The van der Waals surface area contributed by atoms with Crippen molar-refractivity contribution >= 4 is 28.4 Å². The molecule has 4 nitrogen and oxygen atoms in total. The molecule has 1 aliphatic heterocycles. The highest BCUT2D eigenvalue weighted by Gasteiger charge is 2.24. The van der Waals surface area contributed by atoms with E-state index in [0.29, 0.717) is 24.6 Å². The van der Waals surface area contributed by atoms with Gasteiger partial charge in [0.05, 0.1) is 5.02 Å². The van der Waals surface area contributed by atoms with Crippen LogP contribution in [-0.2, 0) is 6.42 Å². The van der Waals surface area contributed by atoms with Gasteiger partial charge in [-0.15, -0.1) is 0 Å². The molecule has 2 aromatic carbocycles. The molecule has 170 valence electrons. The number of hydrogen-bond donors (Lipinski definition) is 1. The molecule has 0 saturated carbocycles. The van der Waals surface area contributed by atoms with Gasteiger partial charge in [-0.25, -0.2) is 8.78 Å². The van der Waals surface area contributed by atoms with E-state index in [1.54, 1.807) is 12.1 Å². The number of likely N-dealkylation sites (tertiary alicyclic amines) is 1. The maximum absolute atomic E-state index is 13.5. The fourth-order valence-electron chi connectivity index (χ4n) is 4.56. The van der Waals surface area contributed by atoms with Crippen molar-refractivity contribution in [3.05, 3.63) is 70.4 Å². The third-order valence-electron chi connectivity index (χ3n) is 6.35. The Kier molecular flexibility index (Phi) is 7.11. The van der Waals surface area contributed by atoms with Gasteiger partial charge in [0.2, 0.25) is 0 Å². The molecular formula is C25H28ClF2N3O. The molecule has 2 heterocycles. The van der Waals surface area contributed by atoms with Crippen molar-refractivity contribution in [3.8, 4) is 0 Å². The van der Waals surface area contributed by atoms with Crippen molar-refractivity contribution in [2.45, 2.75) is 25.7 Å². The molecule has 0 atom stereocenters. The van der Waals surface area contributed by atoms with E-state index in [2.05, 4.69) is 16.9 Å². The van der Waals surface area contributed by atoms with Gasteiger partial charge in [-0.3, -0.25) is 4.79 Å². The Balaban J connectivity index is 1.21. The quantitative estimate of drug-likeness (QED) is 0.505. The summed E-state index contributed by atoms with van der Waals surface area (Å²) >= 11 is 5.82. The molecule has 0 bridgehead atoms. The summed E-state index contributed by atoms with van der Waals surface area (Å²) in [6.07, 6.45) is 5.79. The van der Waals surface area contributed by atoms with Crippen LogP contribution >= 0.6 is 11.6 Å². The molecule has 1 aromatic heterocycles. The molecule has 4 rings (SSSR count). The number of aryl methyl sites for hydroxylation is 1. The summed E-state index contributed by atoms with van der Waals surface area (Å²) in [5.74, 6) is -0.262. The highest BCUT2D eigenvalue weighted by atomic mass is 35.5. The lowest BCUT2D eigenvalue weighted by Gasteiger charge is -2.34. The number of carbonyl (C=O) groups excluding carboxylic acids is 1. The lowest BCUT2D eigenvalue weighted by molar-refractivity contribution is 0.0673. The van der Waals surface area contributed by atoms with E-state index in [4.69, 9.17) is 11.6 Å². The van der Waals surface area contributed by atoms with Crippen molar-refractivity contribution < 1.29 is 13.6 Å². The third kappa shape index (κ3) is 5.30. The first-order chi connectivity index (χ1) is 15.4. The van der Waals surface area contributed by atoms with E-state index >= 15 is 0 Å². The minimum absolute atomic E-state index is 0.0230. The lowest BCUT2D eigenvalue weighted by atomic mass is 9.95. The Morgan fingerprint density at radius 2 is 1.97 bits per heavy atom. The molecule has 0 aliphatic carbocycles. The summed E-state index contributed by atoms with van der Waals surface area (Å²) in [6, 6.07) is 8.99. The first kappa shape index (κ1) is 22.7. The van der Waals surface area contributed by atoms with Crippen LogP contribution in [0.3, 0.4) is 0 Å². The van der Waals surface area contributed by atoms with Gasteiger partial charge in [-0.05, 0) is 87.2 Å². The van der Waals surface area contributed by atoms with Gasteiger partial charge in [0.15, 0.2) is 0 Å². The number of aromatic amines is 1. The van der Waals surface area contributed by atoms with Crippen LogP contribution in [0.25, 0.3) is 10.9 Å². The number of aromatic nitrogens is 1. The molecule has 1 N–H and O–H groups in total. The predicted octanol–water partition coefficient (Wildman–Crippen LogP) is 5.52. The fourth-order valence-corrected chi connectivity index (χ4v) is 4.74. The number of nitrogens with one attached hydrogen (secondary N) is 1. The summed E-state index contributed by atoms with van der Waals surface area (Å²) in [4.78, 5) is 20.1. The van der Waals surface area contributed by atoms with Crippen LogP contribution in [0, 0.1) is 17.6 Å². The maximum atomic E-state index is 13.5. The molecule has 7 heteroatoms. The SMILES string of the molecule is CN(CCCc1c[nH]c2ccc(F)cc12)CC1CCN(C(=O)c2ccc(F)c(Cl)c2)CC1. The first-order valence-electron chi connectivity index (χ1n) is 11.1. The summed E-state index contributed by atoms with van der Waals surface area (Å²) in [7, 11) is 2.13. The van der Waals surface area contributed by atoms with Gasteiger partial charge in [-0.2, -0.15) is 0 Å². The first-order valence-corrected chi connectivity index (χ1v) is 11.5. The van der Waals surface area contributed by atoms with E-state index in [9.17, 15) is 13.6 Å². The molecule has 0 spiro atoms. The van der Waals surface area contributed by atoms with Gasteiger partial charge in [0.1, 0.15) is 11.6 Å². The Bertz CT molecular complexity index is 1090. The zero-order chi connectivity index (χ0) is 22.7. The zero-order valence-electron chi connectivity index (χ0n) is 18.2. The van der Waals surface area contributed by atoms with E-state index in [1.807, 2.05) is 11.1 Å². The summed E-state index contributed by atoms with van der Waals surface area (Å²) in [6.45, 7) is 3.36. The summed E-state index contributed by atoms with van der Waals surface area (Å²) in [5.41, 5.74) is 2.56. The molecule has 1 fully saturated rings. The normalized spacial score (nSPS) is 15.1. The molecule has 0 radical (unpaired) electrons. The number of piperidine rings is 1. The average molecular weight is 460 g/mol. The standard InChI is InChI=1S/C25H28ClF2N3O/c1-30(10-2-3-19-15-29-24-7-5-20(27)14-21(19)24)16-17-8-11-31(12-9-17)25(32)18-4-6-23(28)22(26)13-18/h4-7,13-15,17,29H,2-3,8-12,16H2,1H3. The summed E-state index contributed by atoms with van der Waals surface area (Å²) < 4.78 is 26.9. The lowest BCUT2D eigenvalue weighted by Crippen LogP contribution is -2.41.